The molecule has 5 nitrogen and oxygen atoms in total. The molecule has 110 valence electrons. The summed E-state index contributed by atoms with van der Waals surface area (Å²) in [7, 11) is 1.44. The summed E-state index contributed by atoms with van der Waals surface area (Å²) in [4.78, 5) is 10.8. The van der Waals surface area contributed by atoms with Crippen molar-refractivity contribution in [2.45, 2.75) is 27.7 Å². The van der Waals surface area contributed by atoms with Crippen molar-refractivity contribution >= 4 is 11.4 Å². The molecule has 0 atom stereocenters. The summed E-state index contributed by atoms with van der Waals surface area (Å²) in [6.45, 7) is 9.67. The van der Waals surface area contributed by atoms with E-state index in [2.05, 4.69) is 33.0 Å². The van der Waals surface area contributed by atoms with Gasteiger partial charge in [-0.25, -0.2) is 0 Å². The summed E-state index contributed by atoms with van der Waals surface area (Å²) >= 11 is 0. The van der Waals surface area contributed by atoms with E-state index in [0.29, 0.717) is 11.6 Å². The molecule has 1 fully saturated rings. The number of hydrogen-bond acceptors (Lipinski definition) is 4. The van der Waals surface area contributed by atoms with E-state index in [-0.39, 0.29) is 22.3 Å². The summed E-state index contributed by atoms with van der Waals surface area (Å²) in [5.74, 6) is 0.787. The molecule has 1 N–H and O–H groups in total. The minimum Gasteiger partial charge on any atom is -0.490 e. The van der Waals surface area contributed by atoms with Crippen LogP contribution in [0, 0.1) is 26.9 Å². The number of nitro groups is 1. The molecular weight excluding hydrogens is 256 g/mol. The number of hydrogen-bond donors (Lipinski definition) is 1. The number of ether oxygens (including phenoxy) is 1. The zero-order chi connectivity index (χ0) is 15.1. The lowest BCUT2D eigenvalue weighted by Gasteiger charge is -2.10. The second-order valence-electron chi connectivity index (χ2n) is 6.49. The average Bonchev–Trinajstić information content (AvgIpc) is 2.76. The SMILES string of the molecule is COc1cccc(NCC2C(C)(C)C2(C)C)c1[N+](=O)[O-]. The van der Waals surface area contributed by atoms with Crippen molar-refractivity contribution in [1.29, 1.82) is 0 Å². The maximum Gasteiger partial charge on any atom is 0.333 e. The molecular formula is C15H22N2O3. The molecule has 0 unspecified atom stereocenters. The molecule has 0 heterocycles. The van der Waals surface area contributed by atoms with Crippen LogP contribution in [0.5, 0.6) is 5.75 Å². The predicted octanol–water partition coefficient (Wildman–Crippen LogP) is 3.70. The van der Waals surface area contributed by atoms with Gasteiger partial charge >= 0.3 is 5.69 Å². The molecule has 1 saturated carbocycles. The van der Waals surface area contributed by atoms with Crippen molar-refractivity contribution in [3.05, 3.63) is 28.3 Å². The minimum absolute atomic E-state index is 0.00580. The molecule has 2 rings (SSSR count). The highest BCUT2D eigenvalue weighted by molar-refractivity contribution is 5.68. The number of rotatable bonds is 5. The third-order valence-electron chi connectivity index (χ3n) is 5.22. The van der Waals surface area contributed by atoms with Crippen LogP contribution in [0.15, 0.2) is 18.2 Å². The quantitative estimate of drug-likeness (QED) is 0.659. The Bertz CT molecular complexity index is 524. The fourth-order valence-electron chi connectivity index (χ4n) is 3.07. The lowest BCUT2D eigenvalue weighted by molar-refractivity contribution is -0.384. The van der Waals surface area contributed by atoms with Gasteiger partial charge in [0.25, 0.3) is 0 Å². The summed E-state index contributed by atoms with van der Waals surface area (Å²) < 4.78 is 5.07. The first-order chi connectivity index (χ1) is 9.23. The van der Waals surface area contributed by atoms with E-state index in [4.69, 9.17) is 4.74 Å². The smallest absolute Gasteiger partial charge is 0.333 e. The third kappa shape index (κ3) is 2.11. The van der Waals surface area contributed by atoms with E-state index in [1.165, 1.54) is 7.11 Å². The van der Waals surface area contributed by atoms with E-state index < -0.39 is 4.92 Å². The fourth-order valence-corrected chi connectivity index (χ4v) is 3.07. The highest BCUT2D eigenvalue weighted by Crippen LogP contribution is 2.68. The first-order valence-corrected chi connectivity index (χ1v) is 6.78. The molecule has 1 aliphatic carbocycles. The van der Waals surface area contributed by atoms with Crippen molar-refractivity contribution in [3.8, 4) is 5.75 Å². The molecule has 5 heteroatoms. The minimum atomic E-state index is -0.398. The van der Waals surface area contributed by atoms with Crippen molar-refractivity contribution in [3.63, 3.8) is 0 Å². The lowest BCUT2D eigenvalue weighted by atomic mass is 10.0. The Morgan fingerprint density at radius 1 is 1.30 bits per heavy atom. The van der Waals surface area contributed by atoms with Gasteiger partial charge in [-0.2, -0.15) is 0 Å². The Morgan fingerprint density at radius 3 is 2.35 bits per heavy atom. The number of nitro benzene ring substituents is 1. The molecule has 0 aromatic heterocycles. The number of benzene rings is 1. The summed E-state index contributed by atoms with van der Waals surface area (Å²) in [6.07, 6.45) is 0. The molecule has 20 heavy (non-hydrogen) atoms. The van der Waals surface area contributed by atoms with Gasteiger partial charge in [0.2, 0.25) is 0 Å². The molecule has 1 aromatic carbocycles. The third-order valence-corrected chi connectivity index (χ3v) is 5.22. The summed E-state index contributed by atoms with van der Waals surface area (Å²) in [5.41, 5.74) is 1.04. The number of nitrogens with zero attached hydrogens (tertiary/aromatic N) is 1. The maximum atomic E-state index is 11.2. The van der Waals surface area contributed by atoms with Crippen molar-refractivity contribution < 1.29 is 9.66 Å². The van der Waals surface area contributed by atoms with E-state index in [1.807, 2.05) is 0 Å². The molecule has 0 aliphatic heterocycles. The molecule has 1 aliphatic rings. The monoisotopic (exact) mass is 278 g/mol. The van der Waals surface area contributed by atoms with E-state index in [9.17, 15) is 10.1 Å². The predicted molar refractivity (Wildman–Crippen MR) is 79.2 cm³/mol. The maximum absolute atomic E-state index is 11.2. The molecule has 0 spiro atoms. The second kappa shape index (κ2) is 4.65. The first-order valence-electron chi connectivity index (χ1n) is 6.78. The van der Waals surface area contributed by atoms with Crippen molar-refractivity contribution in [2.24, 2.45) is 16.7 Å². The van der Waals surface area contributed by atoms with Crippen LogP contribution in [0.2, 0.25) is 0 Å². The van der Waals surface area contributed by atoms with E-state index >= 15 is 0 Å². The van der Waals surface area contributed by atoms with Crippen LogP contribution >= 0.6 is 0 Å². The van der Waals surface area contributed by atoms with E-state index in [1.54, 1.807) is 18.2 Å². The van der Waals surface area contributed by atoms with Gasteiger partial charge in [0, 0.05) is 6.54 Å². The standard InChI is InChI=1S/C15H22N2O3/c1-14(2)12(15(14,3)4)9-16-10-7-6-8-11(20-5)13(10)17(18)19/h6-8,12,16H,9H2,1-5H3. The molecule has 0 bridgehead atoms. The molecule has 0 radical (unpaired) electrons. The molecule has 0 saturated heterocycles. The van der Waals surface area contributed by atoms with Gasteiger partial charge in [-0.1, -0.05) is 33.8 Å². The Labute approximate surface area is 119 Å². The number of anilines is 1. The number of methoxy groups -OCH3 is 1. The zero-order valence-electron chi connectivity index (χ0n) is 12.7. The van der Waals surface area contributed by atoms with Crippen LogP contribution in [0.3, 0.4) is 0 Å². The van der Waals surface area contributed by atoms with Crippen LogP contribution in [0.4, 0.5) is 11.4 Å². The van der Waals surface area contributed by atoms with E-state index in [0.717, 1.165) is 6.54 Å². The average molecular weight is 278 g/mol. The fraction of sp³-hybridized carbons (Fsp3) is 0.600. The van der Waals surface area contributed by atoms with Crippen LogP contribution < -0.4 is 10.1 Å². The zero-order valence-corrected chi connectivity index (χ0v) is 12.7. The Hall–Kier alpha value is -1.78. The summed E-state index contributed by atoms with van der Waals surface area (Å²) in [5, 5.41) is 14.4. The van der Waals surface area contributed by atoms with Gasteiger partial charge in [0.15, 0.2) is 5.75 Å². The number of para-hydroxylation sites is 1. The first kappa shape index (κ1) is 14.6. The van der Waals surface area contributed by atoms with Crippen LogP contribution in [-0.2, 0) is 0 Å². The van der Waals surface area contributed by atoms with Gasteiger partial charge in [-0.3, -0.25) is 10.1 Å². The van der Waals surface area contributed by atoms with Gasteiger partial charge in [0.1, 0.15) is 5.69 Å². The second-order valence-corrected chi connectivity index (χ2v) is 6.49. The Morgan fingerprint density at radius 2 is 1.90 bits per heavy atom. The number of nitrogens with one attached hydrogen (secondary N) is 1. The van der Waals surface area contributed by atoms with Crippen LogP contribution in [-0.4, -0.2) is 18.6 Å². The highest BCUT2D eigenvalue weighted by atomic mass is 16.6. The van der Waals surface area contributed by atoms with Gasteiger partial charge in [-0.05, 0) is 28.9 Å². The topological polar surface area (TPSA) is 64.4 Å². The molecule has 0 amide bonds. The largest absolute Gasteiger partial charge is 0.490 e. The van der Waals surface area contributed by atoms with Crippen molar-refractivity contribution in [1.82, 2.24) is 0 Å². The van der Waals surface area contributed by atoms with Crippen molar-refractivity contribution in [2.75, 3.05) is 19.0 Å². The Kier molecular flexibility index (Phi) is 3.40. The molecule has 1 aromatic rings. The van der Waals surface area contributed by atoms with Crippen LogP contribution in [0.1, 0.15) is 27.7 Å². The lowest BCUT2D eigenvalue weighted by Crippen LogP contribution is -2.10. The Balaban J connectivity index is 2.17. The van der Waals surface area contributed by atoms with Gasteiger partial charge < -0.3 is 10.1 Å². The summed E-state index contributed by atoms with van der Waals surface area (Å²) in [6, 6.07) is 5.09. The normalized spacial score (nSPS) is 19.4. The van der Waals surface area contributed by atoms with Gasteiger partial charge in [0.05, 0.1) is 12.0 Å². The van der Waals surface area contributed by atoms with Crippen LogP contribution in [0.25, 0.3) is 0 Å². The highest BCUT2D eigenvalue weighted by Gasteiger charge is 2.64. The van der Waals surface area contributed by atoms with Gasteiger partial charge in [-0.15, -0.1) is 0 Å².